The number of likely N-dealkylation sites (N-methyl/N-ethyl adjacent to an activating group) is 1. The Hall–Kier alpha value is -2.55. The van der Waals surface area contributed by atoms with E-state index in [1.54, 1.807) is 4.90 Å². The van der Waals surface area contributed by atoms with E-state index in [2.05, 4.69) is 5.32 Å². The van der Waals surface area contributed by atoms with Crippen LogP contribution in [0.5, 0.6) is 0 Å². The van der Waals surface area contributed by atoms with Gasteiger partial charge in [0.05, 0.1) is 11.5 Å². The molecule has 1 heterocycles. The molecule has 0 saturated carbocycles. The molecule has 0 unspecified atom stereocenters. The van der Waals surface area contributed by atoms with Gasteiger partial charge in [0.25, 0.3) is 11.6 Å². The molecule has 0 radical (unpaired) electrons. The third kappa shape index (κ3) is 4.01. The van der Waals surface area contributed by atoms with Crippen LogP contribution in [-0.2, 0) is 4.79 Å². The number of rotatable bonds is 4. The van der Waals surface area contributed by atoms with E-state index in [4.69, 9.17) is 0 Å². The van der Waals surface area contributed by atoms with Gasteiger partial charge in [0.15, 0.2) is 0 Å². The predicted octanol–water partition coefficient (Wildman–Crippen LogP) is 0.238. The number of nitrogens with one attached hydrogen (secondary N) is 1. The Balaban J connectivity index is 2.11. The standard InChI is InChI=1S/C14H17FN4O4/c1-17(9-13(20)18-6-4-16-5-7-18)14(21)11-8-10(15)2-3-12(11)19(22)23/h2-3,8,16H,4-7,9H2,1H3. The van der Waals surface area contributed by atoms with E-state index in [1.807, 2.05) is 0 Å². The summed E-state index contributed by atoms with van der Waals surface area (Å²) in [5.74, 6) is -1.76. The van der Waals surface area contributed by atoms with Crippen molar-refractivity contribution in [2.75, 3.05) is 39.8 Å². The summed E-state index contributed by atoms with van der Waals surface area (Å²) in [6.45, 7) is 2.23. The van der Waals surface area contributed by atoms with Gasteiger partial charge in [-0.15, -0.1) is 0 Å². The topological polar surface area (TPSA) is 95.8 Å². The first-order valence-corrected chi connectivity index (χ1v) is 7.08. The van der Waals surface area contributed by atoms with E-state index in [1.165, 1.54) is 7.05 Å². The lowest BCUT2D eigenvalue weighted by atomic mass is 10.1. The second-order valence-corrected chi connectivity index (χ2v) is 5.21. The number of carbonyl (C=O) groups is 2. The van der Waals surface area contributed by atoms with Crippen LogP contribution in [0.25, 0.3) is 0 Å². The molecule has 0 spiro atoms. The summed E-state index contributed by atoms with van der Waals surface area (Å²) >= 11 is 0. The van der Waals surface area contributed by atoms with Crippen LogP contribution in [0.15, 0.2) is 18.2 Å². The Labute approximate surface area is 132 Å². The van der Waals surface area contributed by atoms with Crippen LogP contribution in [0.4, 0.5) is 10.1 Å². The van der Waals surface area contributed by atoms with Crippen LogP contribution in [0.3, 0.4) is 0 Å². The van der Waals surface area contributed by atoms with Crippen molar-refractivity contribution in [3.05, 3.63) is 39.7 Å². The Bertz CT molecular complexity index is 631. The fourth-order valence-corrected chi connectivity index (χ4v) is 2.33. The molecule has 0 bridgehead atoms. The first-order chi connectivity index (χ1) is 10.9. The van der Waals surface area contributed by atoms with Crippen molar-refractivity contribution < 1.29 is 18.9 Å². The number of hydrogen-bond acceptors (Lipinski definition) is 5. The van der Waals surface area contributed by atoms with E-state index in [-0.39, 0.29) is 18.0 Å². The van der Waals surface area contributed by atoms with Crippen LogP contribution in [-0.4, -0.2) is 66.3 Å². The van der Waals surface area contributed by atoms with Gasteiger partial charge < -0.3 is 15.1 Å². The van der Waals surface area contributed by atoms with Gasteiger partial charge in [-0.1, -0.05) is 0 Å². The maximum atomic E-state index is 13.3. The third-order valence-corrected chi connectivity index (χ3v) is 3.57. The maximum Gasteiger partial charge on any atom is 0.282 e. The molecule has 0 aliphatic carbocycles. The van der Waals surface area contributed by atoms with Gasteiger partial charge in [0.1, 0.15) is 11.4 Å². The number of nitro benzene ring substituents is 1. The first kappa shape index (κ1) is 16.8. The molecule has 2 amide bonds. The van der Waals surface area contributed by atoms with E-state index in [0.717, 1.165) is 23.1 Å². The quantitative estimate of drug-likeness (QED) is 0.632. The highest BCUT2D eigenvalue weighted by Crippen LogP contribution is 2.21. The van der Waals surface area contributed by atoms with E-state index in [9.17, 15) is 24.1 Å². The van der Waals surface area contributed by atoms with Gasteiger partial charge in [-0.2, -0.15) is 0 Å². The Morgan fingerprint density at radius 3 is 2.65 bits per heavy atom. The zero-order chi connectivity index (χ0) is 17.0. The minimum Gasteiger partial charge on any atom is -0.339 e. The van der Waals surface area contributed by atoms with Gasteiger partial charge in [-0.3, -0.25) is 19.7 Å². The fourth-order valence-electron chi connectivity index (χ4n) is 2.33. The van der Waals surface area contributed by atoms with Crippen molar-refractivity contribution in [2.24, 2.45) is 0 Å². The summed E-state index contributed by atoms with van der Waals surface area (Å²) in [6, 6.07) is 2.67. The number of piperazine rings is 1. The van der Waals surface area contributed by atoms with Gasteiger partial charge in [-0.05, 0) is 12.1 Å². The molecule has 1 aromatic carbocycles. The van der Waals surface area contributed by atoms with Gasteiger partial charge in [-0.25, -0.2) is 4.39 Å². The van der Waals surface area contributed by atoms with Gasteiger partial charge in [0.2, 0.25) is 5.91 Å². The number of amides is 2. The number of benzene rings is 1. The summed E-state index contributed by atoms with van der Waals surface area (Å²) in [7, 11) is 1.36. The summed E-state index contributed by atoms with van der Waals surface area (Å²) in [6.07, 6.45) is 0. The number of nitrogens with zero attached hydrogens (tertiary/aromatic N) is 3. The van der Waals surface area contributed by atoms with Crippen LogP contribution in [0.1, 0.15) is 10.4 Å². The second kappa shape index (κ2) is 7.14. The molecule has 0 atom stereocenters. The third-order valence-electron chi connectivity index (χ3n) is 3.57. The van der Waals surface area contributed by atoms with Crippen LogP contribution in [0.2, 0.25) is 0 Å². The predicted molar refractivity (Wildman–Crippen MR) is 79.5 cm³/mol. The average molecular weight is 324 g/mol. The van der Waals surface area contributed by atoms with Crippen molar-refractivity contribution in [3.63, 3.8) is 0 Å². The fraction of sp³-hybridized carbons (Fsp3) is 0.429. The molecule has 0 aromatic heterocycles. The van der Waals surface area contributed by atoms with Crippen molar-refractivity contribution in [1.29, 1.82) is 0 Å². The van der Waals surface area contributed by atoms with E-state index >= 15 is 0 Å². The molecule has 9 heteroatoms. The minimum atomic E-state index is -0.764. The monoisotopic (exact) mass is 324 g/mol. The molecule has 1 aliphatic rings. The molecule has 8 nitrogen and oxygen atoms in total. The zero-order valence-corrected chi connectivity index (χ0v) is 12.6. The highest BCUT2D eigenvalue weighted by Gasteiger charge is 2.26. The molecule has 1 N–H and O–H groups in total. The Morgan fingerprint density at radius 1 is 1.39 bits per heavy atom. The number of carbonyl (C=O) groups excluding carboxylic acids is 2. The zero-order valence-electron chi connectivity index (χ0n) is 12.6. The van der Waals surface area contributed by atoms with Gasteiger partial charge in [0, 0.05) is 39.3 Å². The molecule has 2 rings (SSSR count). The summed E-state index contributed by atoms with van der Waals surface area (Å²) in [4.78, 5) is 37.3. The second-order valence-electron chi connectivity index (χ2n) is 5.21. The Morgan fingerprint density at radius 2 is 2.04 bits per heavy atom. The van der Waals surface area contributed by atoms with Crippen LogP contribution in [0, 0.1) is 15.9 Å². The summed E-state index contributed by atoms with van der Waals surface area (Å²) in [5.41, 5.74) is -0.858. The number of halogens is 1. The molecule has 1 fully saturated rings. The molecule has 1 aromatic rings. The van der Waals surface area contributed by atoms with Crippen LogP contribution >= 0.6 is 0 Å². The number of nitro groups is 1. The van der Waals surface area contributed by atoms with Crippen LogP contribution < -0.4 is 5.32 Å². The highest BCUT2D eigenvalue weighted by molar-refractivity contribution is 5.99. The number of hydrogen-bond donors (Lipinski definition) is 1. The van der Waals surface area contributed by atoms with Crippen molar-refractivity contribution in [1.82, 2.24) is 15.1 Å². The maximum absolute atomic E-state index is 13.3. The normalized spacial score (nSPS) is 14.4. The molecular weight excluding hydrogens is 307 g/mol. The lowest BCUT2D eigenvalue weighted by Gasteiger charge is -2.29. The molecule has 1 saturated heterocycles. The Kier molecular flexibility index (Phi) is 5.22. The first-order valence-electron chi connectivity index (χ1n) is 7.08. The van der Waals surface area contributed by atoms with Crippen molar-refractivity contribution >= 4 is 17.5 Å². The SMILES string of the molecule is CN(CC(=O)N1CCNCC1)C(=O)c1cc(F)ccc1[N+](=O)[O-]. The van der Waals surface area contributed by atoms with E-state index < -0.39 is 22.3 Å². The van der Waals surface area contributed by atoms with E-state index in [0.29, 0.717) is 26.2 Å². The van der Waals surface area contributed by atoms with Crippen molar-refractivity contribution in [3.8, 4) is 0 Å². The molecule has 1 aliphatic heterocycles. The summed E-state index contributed by atoms with van der Waals surface area (Å²) < 4.78 is 13.3. The minimum absolute atomic E-state index is 0.216. The van der Waals surface area contributed by atoms with Crippen molar-refractivity contribution in [2.45, 2.75) is 0 Å². The molecule has 124 valence electrons. The lowest BCUT2D eigenvalue weighted by molar-refractivity contribution is -0.385. The average Bonchev–Trinajstić information content (AvgIpc) is 2.54. The lowest BCUT2D eigenvalue weighted by Crippen LogP contribution is -2.49. The molecular formula is C14H17FN4O4. The van der Waals surface area contributed by atoms with Gasteiger partial charge >= 0.3 is 0 Å². The smallest absolute Gasteiger partial charge is 0.282 e. The summed E-state index contributed by atoms with van der Waals surface area (Å²) in [5, 5.41) is 14.1. The largest absolute Gasteiger partial charge is 0.339 e. The highest BCUT2D eigenvalue weighted by atomic mass is 19.1. The molecule has 23 heavy (non-hydrogen) atoms.